The standard InChI is InChI=1S/C16H25N3O6S2/c1-5-25-14-9-8-12(11-15(14)27(23,24)18(2)3)17-16(20)13-7-6-10-19(13)26(4,21)22/h8-9,11,13H,5-7,10H2,1-4H3,(H,17,20). The number of ether oxygens (including phenoxy) is 1. The molecule has 1 atom stereocenters. The summed E-state index contributed by atoms with van der Waals surface area (Å²) in [7, 11) is -4.48. The Hall–Kier alpha value is -1.69. The van der Waals surface area contributed by atoms with E-state index in [1.165, 1.54) is 32.3 Å². The summed E-state index contributed by atoms with van der Waals surface area (Å²) in [6.45, 7) is 2.31. The molecular weight excluding hydrogens is 394 g/mol. The molecule has 0 spiro atoms. The normalized spacial score (nSPS) is 18.6. The van der Waals surface area contributed by atoms with Gasteiger partial charge in [-0.1, -0.05) is 0 Å². The maximum atomic E-state index is 12.6. The first-order chi connectivity index (χ1) is 12.5. The molecule has 1 fully saturated rings. The van der Waals surface area contributed by atoms with Crippen molar-refractivity contribution in [2.75, 3.05) is 38.8 Å². The summed E-state index contributed by atoms with van der Waals surface area (Å²) in [6, 6.07) is 3.51. The summed E-state index contributed by atoms with van der Waals surface area (Å²) in [5.74, 6) is -0.307. The molecule has 27 heavy (non-hydrogen) atoms. The summed E-state index contributed by atoms with van der Waals surface area (Å²) < 4.78 is 56.4. The van der Waals surface area contributed by atoms with Gasteiger partial charge in [-0.05, 0) is 38.0 Å². The highest BCUT2D eigenvalue weighted by molar-refractivity contribution is 7.89. The van der Waals surface area contributed by atoms with E-state index in [9.17, 15) is 21.6 Å². The number of anilines is 1. The fraction of sp³-hybridized carbons (Fsp3) is 0.562. The molecule has 1 unspecified atom stereocenters. The fourth-order valence-electron chi connectivity index (χ4n) is 2.88. The van der Waals surface area contributed by atoms with Crippen LogP contribution in [0.5, 0.6) is 5.75 Å². The molecule has 9 nitrogen and oxygen atoms in total. The number of carbonyl (C=O) groups excluding carboxylic acids is 1. The Morgan fingerprint density at radius 2 is 1.96 bits per heavy atom. The number of hydrogen-bond acceptors (Lipinski definition) is 6. The number of benzene rings is 1. The Balaban J connectivity index is 2.33. The van der Waals surface area contributed by atoms with Gasteiger partial charge in [-0.15, -0.1) is 0 Å². The third-order valence-corrected chi connectivity index (χ3v) is 7.33. The molecule has 1 heterocycles. The lowest BCUT2D eigenvalue weighted by Crippen LogP contribution is -2.42. The first-order valence-electron chi connectivity index (χ1n) is 8.45. The van der Waals surface area contributed by atoms with Crippen LogP contribution in [0.3, 0.4) is 0 Å². The topological polar surface area (TPSA) is 113 Å². The summed E-state index contributed by atoms with van der Waals surface area (Å²) in [6.07, 6.45) is 2.07. The number of amides is 1. The van der Waals surface area contributed by atoms with Crippen molar-refractivity contribution in [2.45, 2.75) is 30.7 Å². The van der Waals surface area contributed by atoms with Gasteiger partial charge in [0.05, 0.1) is 12.9 Å². The molecular formula is C16H25N3O6S2. The largest absolute Gasteiger partial charge is 0.492 e. The van der Waals surface area contributed by atoms with Crippen molar-refractivity contribution < 1.29 is 26.4 Å². The van der Waals surface area contributed by atoms with Crippen molar-refractivity contribution >= 4 is 31.6 Å². The molecule has 1 aromatic rings. The lowest BCUT2D eigenvalue weighted by Gasteiger charge is -2.22. The van der Waals surface area contributed by atoms with Gasteiger partial charge in [0.1, 0.15) is 16.7 Å². The van der Waals surface area contributed by atoms with E-state index in [4.69, 9.17) is 4.74 Å². The zero-order valence-corrected chi connectivity index (χ0v) is 17.4. The lowest BCUT2D eigenvalue weighted by atomic mass is 10.2. The smallest absolute Gasteiger partial charge is 0.246 e. The summed E-state index contributed by atoms with van der Waals surface area (Å²) >= 11 is 0. The van der Waals surface area contributed by atoms with E-state index in [1.807, 2.05) is 0 Å². The van der Waals surface area contributed by atoms with Gasteiger partial charge in [0.25, 0.3) is 0 Å². The predicted octanol–water partition coefficient (Wildman–Crippen LogP) is 0.698. The van der Waals surface area contributed by atoms with Gasteiger partial charge in [0.15, 0.2) is 0 Å². The van der Waals surface area contributed by atoms with Crippen molar-refractivity contribution in [3.05, 3.63) is 18.2 Å². The number of sulfonamides is 2. The average Bonchev–Trinajstić information content (AvgIpc) is 3.06. The van der Waals surface area contributed by atoms with E-state index in [1.54, 1.807) is 6.92 Å². The zero-order chi connectivity index (χ0) is 20.4. The molecule has 0 aromatic heterocycles. The number of nitrogens with one attached hydrogen (secondary N) is 1. The predicted molar refractivity (Wildman–Crippen MR) is 102 cm³/mol. The quantitative estimate of drug-likeness (QED) is 0.696. The van der Waals surface area contributed by atoms with Crippen LogP contribution in [0.25, 0.3) is 0 Å². The first kappa shape index (κ1) is 21.6. The van der Waals surface area contributed by atoms with E-state index >= 15 is 0 Å². The molecule has 2 rings (SSSR count). The second-order valence-electron chi connectivity index (χ2n) is 6.40. The molecule has 0 radical (unpaired) electrons. The molecule has 1 N–H and O–H groups in total. The molecule has 1 aliphatic heterocycles. The first-order valence-corrected chi connectivity index (χ1v) is 11.7. The van der Waals surface area contributed by atoms with Crippen molar-refractivity contribution in [1.29, 1.82) is 0 Å². The van der Waals surface area contributed by atoms with Crippen LogP contribution in [0.1, 0.15) is 19.8 Å². The van der Waals surface area contributed by atoms with Crippen molar-refractivity contribution in [2.24, 2.45) is 0 Å². The van der Waals surface area contributed by atoms with Crippen LogP contribution < -0.4 is 10.1 Å². The Labute approximate surface area is 160 Å². The monoisotopic (exact) mass is 419 g/mol. The van der Waals surface area contributed by atoms with E-state index in [0.717, 1.165) is 14.9 Å². The fourth-order valence-corrected chi connectivity index (χ4v) is 5.06. The van der Waals surface area contributed by atoms with Gasteiger partial charge < -0.3 is 10.1 Å². The molecule has 1 aromatic carbocycles. The molecule has 11 heteroatoms. The van der Waals surface area contributed by atoms with E-state index < -0.39 is 32.0 Å². The van der Waals surface area contributed by atoms with Gasteiger partial charge in [-0.2, -0.15) is 4.31 Å². The van der Waals surface area contributed by atoms with Crippen LogP contribution in [0.4, 0.5) is 5.69 Å². The highest BCUT2D eigenvalue weighted by Crippen LogP contribution is 2.30. The van der Waals surface area contributed by atoms with Crippen LogP contribution in [0.15, 0.2) is 23.1 Å². The summed E-state index contributed by atoms with van der Waals surface area (Å²) in [5.41, 5.74) is 0.254. The summed E-state index contributed by atoms with van der Waals surface area (Å²) in [4.78, 5) is 12.5. The van der Waals surface area contributed by atoms with Crippen LogP contribution in [0, 0.1) is 0 Å². The minimum absolute atomic E-state index is 0.0708. The molecule has 1 saturated heterocycles. The Kier molecular flexibility index (Phi) is 6.51. The Morgan fingerprint density at radius 3 is 2.52 bits per heavy atom. The highest BCUT2D eigenvalue weighted by Gasteiger charge is 2.36. The second kappa shape index (κ2) is 8.13. The van der Waals surface area contributed by atoms with Gasteiger partial charge in [0.2, 0.25) is 26.0 Å². The number of nitrogens with zero attached hydrogens (tertiary/aromatic N) is 2. The van der Waals surface area contributed by atoms with E-state index in [2.05, 4.69) is 5.32 Å². The Morgan fingerprint density at radius 1 is 1.30 bits per heavy atom. The van der Waals surface area contributed by atoms with Crippen molar-refractivity contribution in [3.8, 4) is 5.75 Å². The van der Waals surface area contributed by atoms with Crippen LogP contribution in [-0.4, -0.2) is 70.9 Å². The van der Waals surface area contributed by atoms with E-state index in [-0.39, 0.29) is 22.9 Å². The number of carbonyl (C=O) groups is 1. The number of rotatable bonds is 7. The molecule has 1 amide bonds. The molecule has 0 saturated carbocycles. The van der Waals surface area contributed by atoms with Crippen molar-refractivity contribution in [1.82, 2.24) is 8.61 Å². The highest BCUT2D eigenvalue weighted by atomic mass is 32.2. The number of hydrogen-bond donors (Lipinski definition) is 1. The average molecular weight is 420 g/mol. The minimum atomic E-state index is -3.79. The lowest BCUT2D eigenvalue weighted by molar-refractivity contribution is -0.119. The van der Waals surface area contributed by atoms with Crippen LogP contribution >= 0.6 is 0 Å². The second-order valence-corrected chi connectivity index (χ2v) is 10.5. The molecule has 0 bridgehead atoms. The molecule has 0 aliphatic carbocycles. The Bertz CT molecular complexity index is 912. The van der Waals surface area contributed by atoms with Crippen LogP contribution in [-0.2, 0) is 24.8 Å². The zero-order valence-electron chi connectivity index (χ0n) is 15.8. The maximum Gasteiger partial charge on any atom is 0.246 e. The van der Waals surface area contributed by atoms with E-state index in [0.29, 0.717) is 19.4 Å². The van der Waals surface area contributed by atoms with Gasteiger partial charge >= 0.3 is 0 Å². The van der Waals surface area contributed by atoms with Crippen LogP contribution in [0.2, 0.25) is 0 Å². The SMILES string of the molecule is CCOc1ccc(NC(=O)C2CCCN2S(C)(=O)=O)cc1S(=O)(=O)N(C)C. The third kappa shape index (κ3) is 4.78. The van der Waals surface area contributed by atoms with Crippen molar-refractivity contribution in [3.63, 3.8) is 0 Å². The van der Waals surface area contributed by atoms with Gasteiger partial charge in [0, 0.05) is 26.3 Å². The summed E-state index contributed by atoms with van der Waals surface area (Å²) in [5, 5.41) is 2.62. The maximum absolute atomic E-state index is 12.6. The third-order valence-electron chi connectivity index (χ3n) is 4.20. The van der Waals surface area contributed by atoms with Gasteiger partial charge in [-0.25, -0.2) is 21.1 Å². The molecule has 152 valence electrons. The van der Waals surface area contributed by atoms with Gasteiger partial charge in [-0.3, -0.25) is 4.79 Å². The molecule has 1 aliphatic rings. The minimum Gasteiger partial charge on any atom is -0.492 e.